The van der Waals surface area contributed by atoms with Gasteiger partial charge in [-0.15, -0.1) is 0 Å². The summed E-state index contributed by atoms with van der Waals surface area (Å²) in [4.78, 5) is 2.28. The van der Waals surface area contributed by atoms with Gasteiger partial charge in [0.25, 0.3) is 0 Å². The summed E-state index contributed by atoms with van der Waals surface area (Å²) in [5.41, 5.74) is -0.183. The molecule has 0 aromatic rings. The fourth-order valence-corrected chi connectivity index (χ4v) is 2.20. The maximum atomic E-state index is 9.52. The van der Waals surface area contributed by atoms with E-state index in [-0.39, 0.29) is 12.1 Å². The van der Waals surface area contributed by atoms with Gasteiger partial charge in [0.15, 0.2) is 0 Å². The number of aliphatic hydroxyl groups excluding tert-OH is 1. The Hall–Kier alpha value is -0.160. The molecule has 19 heavy (non-hydrogen) atoms. The molecule has 114 valence electrons. The summed E-state index contributed by atoms with van der Waals surface area (Å²) in [5, 5.41) is 13.0. The Kier molecular flexibility index (Phi) is 7.29. The molecule has 1 unspecified atom stereocenters. The van der Waals surface area contributed by atoms with Crippen molar-refractivity contribution in [3.05, 3.63) is 0 Å². The molecule has 4 nitrogen and oxygen atoms in total. The Morgan fingerprint density at radius 3 is 2.58 bits per heavy atom. The van der Waals surface area contributed by atoms with Gasteiger partial charge in [0.2, 0.25) is 0 Å². The van der Waals surface area contributed by atoms with Crippen LogP contribution >= 0.6 is 0 Å². The molecular weight excluding hydrogens is 240 g/mol. The standard InChI is InChI=1S/C15H32N2O2/c1-13(2)16-15(3,12-18)7-8-17(4)9-10-19-11-14-5-6-14/h13-14,16,18H,5-12H2,1-4H3. The zero-order chi connectivity index (χ0) is 14.3. The van der Waals surface area contributed by atoms with E-state index in [0.717, 1.165) is 38.6 Å². The second kappa shape index (κ2) is 8.20. The van der Waals surface area contributed by atoms with Crippen LogP contribution in [0.25, 0.3) is 0 Å². The molecule has 0 aromatic carbocycles. The first-order valence-electron chi connectivity index (χ1n) is 7.60. The first-order chi connectivity index (χ1) is 8.95. The van der Waals surface area contributed by atoms with Crippen LogP contribution in [0, 0.1) is 5.92 Å². The van der Waals surface area contributed by atoms with Crippen LogP contribution in [0.3, 0.4) is 0 Å². The summed E-state index contributed by atoms with van der Waals surface area (Å²) in [7, 11) is 2.12. The second-order valence-electron chi connectivity index (χ2n) is 6.59. The number of nitrogens with one attached hydrogen (secondary N) is 1. The summed E-state index contributed by atoms with van der Waals surface area (Å²) in [6, 6.07) is 0.393. The molecule has 1 aliphatic carbocycles. The van der Waals surface area contributed by atoms with Crippen molar-refractivity contribution in [2.24, 2.45) is 5.92 Å². The molecule has 0 amide bonds. The first-order valence-corrected chi connectivity index (χ1v) is 7.60. The number of hydrogen-bond acceptors (Lipinski definition) is 4. The fraction of sp³-hybridized carbons (Fsp3) is 1.00. The lowest BCUT2D eigenvalue weighted by molar-refractivity contribution is 0.0952. The smallest absolute Gasteiger partial charge is 0.0611 e. The summed E-state index contributed by atoms with van der Waals surface area (Å²) in [6.07, 6.45) is 3.65. The van der Waals surface area contributed by atoms with Crippen molar-refractivity contribution in [1.82, 2.24) is 10.2 Å². The first kappa shape index (κ1) is 16.9. The molecule has 1 saturated carbocycles. The van der Waals surface area contributed by atoms with Crippen molar-refractivity contribution >= 4 is 0 Å². The Morgan fingerprint density at radius 1 is 1.37 bits per heavy atom. The third-order valence-corrected chi connectivity index (χ3v) is 3.70. The van der Waals surface area contributed by atoms with E-state index in [1.165, 1.54) is 12.8 Å². The van der Waals surface area contributed by atoms with Crippen molar-refractivity contribution in [3.63, 3.8) is 0 Å². The summed E-state index contributed by atoms with van der Waals surface area (Å²) < 4.78 is 5.64. The second-order valence-corrected chi connectivity index (χ2v) is 6.59. The Balaban J connectivity index is 2.10. The van der Waals surface area contributed by atoms with Gasteiger partial charge in [-0.05, 0) is 45.7 Å². The summed E-state index contributed by atoms with van der Waals surface area (Å²) >= 11 is 0. The number of rotatable bonds is 11. The number of likely N-dealkylation sites (N-methyl/N-ethyl adjacent to an activating group) is 1. The predicted octanol–water partition coefficient (Wildman–Crippen LogP) is 1.48. The molecule has 1 atom stereocenters. The Labute approximate surface area is 118 Å². The van der Waals surface area contributed by atoms with Gasteiger partial charge in [-0.25, -0.2) is 0 Å². The van der Waals surface area contributed by atoms with Crippen LogP contribution in [0.2, 0.25) is 0 Å². The highest BCUT2D eigenvalue weighted by atomic mass is 16.5. The molecule has 1 fully saturated rings. The molecule has 0 bridgehead atoms. The molecule has 4 heteroatoms. The van der Waals surface area contributed by atoms with E-state index >= 15 is 0 Å². The van der Waals surface area contributed by atoms with E-state index in [0.29, 0.717) is 6.04 Å². The monoisotopic (exact) mass is 272 g/mol. The van der Waals surface area contributed by atoms with Gasteiger partial charge in [-0.2, -0.15) is 0 Å². The average Bonchev–Trinajstić information content (AvgIpc) is 3.15. The van der Waals surface area contributed by atoms with E-state index in [4.69, 9.17) is 4.74 Å². The zero-order valence-corrected chi connectivity index (χ0v) is 13.1. The number of hydrogen-bond donors (Lipinski definition) is 2. The highest BCUT2D eigenvalue weighted by Crippen LogP contribution is 2.28. The van der Waals surface area contributed by atoms with Crippen LogP contribution in [0.5, 0.6) is 0 Å². The average molecular weight is 272 g/mol. The molecular formula is C15H32N2O2. The van der Waals surface area contributed by atoms with Crippen molar-refractivity contribution in [2.45, 2.75) is 51.6 Å². The van der Waals surface area contributed by atoms with Crippen LogP contribution in [-0.2, 0) is 4.74 Å². The van der Waals surface area contributed by atoms with Crippen molar-refractivity contribution < 1.29 is 9.84 Å². The summed E-state index contributed by atoms with van der Waals surface area (Å²) in [6.45, 7) is 10.2. The lowest BCUT2D eigenvalue weighted by Gasteiger charge is -2.32. The maximum absolute atomic E-state index is 9.52. The van der Waals surface area contributed by atoms with E-state index in [1.807, 2.05) is 0 Å². The van der Waals surface area contributed by atoms with Crippen LogP contribution in [0.1, 0.15) is 40.0 Å². The predicted molar refractivity (Wildman–Crippen MR) is 79.4 cm³/mol. The number of ether oxygens (including phenoxy) is 1. The minimum Gasteiger partial charge on any atom is -0.394 e. The molecule has 1 aliphatic rings. The van der Waals surface area contributed by atoms with E-state index in [2.05, 4.69) is 38.0 Å². The van der Waals surface area contributed by atoms with Crippen LogP contribution in [0.15, 0.2) is 0 Å². The third-order valence-electron chi connectivity index (χ3n) is 3.70. The van der Waals surface area contributed by atoms with Crippen molar-refractivity contribution in [1.29, 1.82) is 0 Å². The largest absolute Gasteiger partial charge is 0.394 e. The fourth-order valence-electron chi connectivity index (χ4n) is 2.20. The third kappa shape index (κ3) is 7.88. The molecule has 0 aromatic heterocycles. The van der Waals surface area contributed by atoms with E-state index in [1.54, 1.807) is 0 Å². The van der Waals surface area contributed by atoms with Crippen LogP contribution < -0.4 is 5.32 Å². The normalized spacial score (nSPS) is 19.1. The molecule has 2 N–H and O–H groups in total. The lowest BCUT2D eigenvalue weighted by atomic mass is 9.97. The Morgan fingerprint density at radius 2 is 2.05 bits per heavy atom. The quantitative estimate of drug-likeness (QED) is 0.559. The zero-order valence-electron chi connectivity index (χ0n) is 13.1. The molecule has 0 spiro atoms. The number of aliphatic hydroxyl groups is 1. The molecule has 0 saturated heterocycles. The van der Waals surface area contributed by atoms with Gasteiger partial charge in [-0.3, -0.25) is 0 Å². The number of nitrogens with zero attached hydrogens (tertiary/aromatic N) is 1. The van der Waals surface area contributed by atoms with E-state index < -0.39 is 0 Å². The topological polar surface area (TPSA) is 44.7 Å². The summed E-state index contributed by atoms with van der Waals surface area (Å²) in [5.74, 6) is 0.846. The maximum Gasteiger partial charge on any atom is 0.0611 e. The van der Waals surface area contributed by atoms with Crippen LogP contribution in [0.4, 0.5) is 0 Å². The lowest BCUT2D eigenvalue weighted by Crippen LogP contribution is -2.50. The minimum atomic E-state index is -0.183. The van der Waals surface area contributed by atoms with Crippen molar-refractivity contribution in [2.75, 3.05) is 40.0 Å². The SMILES string of the molecule is CC(C)NC(C)(CO)CCN(C)CCOCC1CC1. The van der Waals surface area contributed by atoms with Crippen LogP contribution in [-0.4, -0.2) is 61.5 Å². The molecule has 1 rings (SSSR count). The Bertz CT molecular complexity index is 244. The highest BCUT2D eigenvalue weighted by Gasteiger charge is 2.24. The van der Waals surface area contributed by atoms with Gasteiger partial charge in [0.05, 0.1) is 13.2 Å². The van der Waals surface area contributed by atoms with Gasteiger partial charge >= 0.3 is 0 Å². The minimum absolute atomic E-state index is 0.178. The highest BCUT2D eigenvalue weighted by molar-refractivity contribution is 4.84. The van der Waals surface area contributed by atoms with Crippen molar-refractivity contribution in [3.8, 4) is 0 Å². The van der Waals surface area contributed by atoms with Gasteiger partial charge in [0.1, 0.15) is 0 Å². The van der Waals surface area contributed by atoms with E-state index in [9.17, 15) is 5.11 Å². The van der Waals surface area contributed by atoms with Gasteiger partial charge < -0.3 is 20.1 Å². The molecule has 0 aliphatic heterocycles. The molecule has 0 radical (unpaired) electrons. The van der Waals surface area contributed by atoms with Gasteiger partial charge in [0, 0.05) is 24.7 Å². The van der Waals surface area contributed by atoms with Gasteiger partial charge in [-0.1, -0.05) is 13.8 Å². The molecule has 0 heterocycles.